The molecular formula is C15H21BrN2O2. The Balaban J connectivity index is 2.24. The van der Waals surface area contributed by atoms with Crippen LogP contribution in [0, 0.1) is 5.92 Å². The van der Waals surface area contributed by atoms with Crippen molar-refractivity contribution in [3.63, 3.8) is 0 Å². The number of anilines is 1. The third-order valence-corrected chi connectivity index (χ3v) is 4.31. The quantitative estimate of drug-likeness (QED) is 0.888. The molecule has 0 aliphatic carbocycles. The molecule has 0 saturated carbocycles. The SMILES string of the molecule is CNC(=O)C1CCCN(c2ccc(Br)cc2C(C)O)C1. The zero-order valence-corrected chi connectivity index (χ0v) is 13.5. The minimum absolute atomic E-state index is 0.0271. The van der Waals surface area contributed by atoms with Gasteiger partial charge in [-0.1, -0.05) is 15.9 Å². The second kappa shape index (κ2) is 6.59. The zero-order valence-electron chi connectivity index (χ0n) is 11.9. The summed E-state index contributed by atoms with van der Waals surface area (Å²) in [6, 6.07) is 5.94. The van der Waals surface area contributed by atoms with Crippen molar-refractivity contribution in [2.45, 2.75) is 25.9 Å². The van der Waals surface area contributed by atoms with E-state index in [0.717, 1.165) is 35.1 Å². The molecule has 0 radical (unpaired) electrons. The molecule has 1 saturated heterocycles. The Morgan fingerprint density at radius 2 is 2.30 bits per heavy atom. The first-order valence-corrected chi connectivity index (χ1v) is 7.76. The van der Waals surface area contributed by atoms with Crippen molar-refractivity contribution in [2.75, 3.05) is 25.0 Å². The fourth-order valence-corrected chi connectivity index (χ4v) is 3.14. The molecule has 2 rings (SSSR count). The van der Waals surface area contributed by atoms with Gasteiger partial charge in [0.25, 0.3) is 0 Å². The standard InChI is InChI=1S/C15H21BrN2O2/c1-10(19)13-8-12(16)5-6-14(13)18-7-3-4-11(9-18)15(20)17-2/h5-6,8,10-11,19H,3-4,7,9H2,1-2H3,(H,17,20). The molecule has 1 amide bonds. The van der Waals surface area contributed by atoms with Crippen molar-refractivity contribution in [1.29, 1.82) is 0 Å². The number of carbonyl (C=O) groups excluding carboxylic acids is 1. The van der Waals surface area contributed by atoms with Crippen molar-refractivity contribution in [3.05, 3.63) is 28.2 Å². The van der Waals surface area contributed by atoms with Gasteiger partial charge in [-0.15, -0.1) is 0 Å². The number of rotatable bonds is 3. The molecule has 0 spiro atoms. The van der Waals surface area contributed by atoms with Gasteiger partial charge in [0.15, 0.2) is 0 Å². The van der Waals surface area contributed by atoms with E-state index in [1.54, 1.807) is 14.0 Å². The highest BCUT2D eigenvalue weighted by Gasteiger charge is 2.26. The zero-order chi connectivity index (χ0) is 14.7. The molecule has 0 aromatic heterocycles. The van der Waals surface area contributed by atoms with Crippen LogP contribution in [0.25, 0.3) is 0 Å². The van der Waals surface area contributed by atoms with Gasteiger partial charge in [-0.25, -0.2) is 0 Å². The first kappa shape index (κ1) is 15.3. The van der Waals surface area contributed by atoms with Crippen LogP contribution in [0.15, 0.2) is 22.7 Å². The predicted octanol–water partition coefficient (Wildman–Crippen LogP) is 2.46. The maximum absolute atomic E-state index is 11.8. The molecule has 2 atom stereocenters. The highest BCUT2D eigenvalue weighted by atomic mass is 79.9. The topological polar surface area (TPSA) is 52.6 Å². The molecule has 110 valence electrons. The molecule has 1 aliphatic heterocycles. The summed E-state index contributed by atoms with van der Waals surface area (Å²) in [5, 5.41) is 12.7. The largest absolute Gasteiger partial charge is 0.389 e. The lowest BCUT2D eigenvalue weighted by atomic mass is 9.95. The molecule has 1 aliphatic rings. The van der Waals surface area contributed by atoms with Gasteiger partial charge in [0.05, 0.1) is 12.0 Å². The van der Waals surface area contributed by atoms with E-state index < -0.39 is 6.10 Å². The van der Waals surface area contributed by atoms with E-state index in [9.17, 15) is 9.90 Å². The van der Waals surface area contributed by atoms with E-state index in [1.165, 1.54) is 0 Å². The smallest absolute Gasteiger partial charge is 0.224 e. The van der Waals surface area contributed by atoms with Gasteiger partial charge in [0, 0.05) is 35.9 Å². The fourth-order valence-electron chi connectivity index (χ4n) is 2.76. The van der Waals surface area contributed by atoms with Crippen LogP contribution in [0.5, 0.6) is 0 Å². The average Bonchev–Trinajstić information content (AvgIpc) is 2.46. The number of carbonyl (C=O) groups is 1. The molecule has 1 fully saturated rings. The molecule has 2 unspecified atom stereocenters. The van der Waals surface area contributed by atoms with Gasteiger partial charge in [-0.05, 0) is 38.0 Å². The summed E-state index contributed by atoms with van der Waals surface area (Å²) in [6.07, 6.45) is 1.40. The monoisotopic (exact) mass is 340 g/mol. The number of piperidine rings is 1. The number of hydrogen-bond donors (Lipinski definition) is 2. The van der Waals surface area contributed by atoms with Crippen LogP contribution in [0.1, 0.15) is 31.4 Å². The number of nitrogens with one attached hydrogen (secondary N) is 1. The van der Waals surface area contributed by atoms with Gasteiger partial charge in [0.1, 0.15) is 0 Å². The Bertz CT molecular complexity index is 491. The molecule has 4 nitrogen and oxygen atoms in total. The Hall–Kier alpha value is -1.07. The summed E-state index contributed by atoms with van der Waals surface area (Å²) in [5.41, 5.74) is 1.92. The maximum Gasteiger partial charge on any atom is 0.224 e. The number of aliphatic hydroxyl groups excluding tert-OH is 1. The first-order chi connectivity index (χ1) is 9.52. The summed E-state index contributed by atoms with van der Waals surface area (Å²) in [6.45, 7) is 3.40. The van der Waals surface area contributed by atoms with Crippen molar-refractivity contribution >= 4 is 27.5 Å². The van der Waals surface area contributed by atoms with Crippen LogP contribution in [0.3, 0.4) is 0 Å². The number of halogens is 1. The molecule has 0 bridgehead atoms. The Labute approximate surface area is 128 Å². The molecule has 20 heavy (non-hydrogen) atoms. The number of nitrogens with zero attached hydrogens (tertiary/aromatic N) is 1. The molecule has 2 N–H and O–H groups in total. The highest BCUT2D eigenvalue weighted by molar-refractivity contribution is 9.10. The lowest BCUT2D eigenvalue weighted by Crippen LogP contribution is -2.42. The van der Waals surface area contributed by atoms with E-state index in [1.807, 2.05) is 18.2 Å². The van der Waals surface area contributed by atoms with E-state index in [4.69, 9.17) is 0 Å². The number of hydrogen-bond acceptors (Lipinski definition) is 3. The van der Waals surface area contributed by atoms with Gasteiger partial charge in [-0.2, -0.15) is 0 Å². The normalized spacial score (nSPS) is 20.6. The van der Waals surface area contributed by atoms with E-state index >= 15 is 0 Å². The van der Waals surface area contributed by atoms with Gasteiger partial charge in [-0.3, -0.25) is 4.79 Å². The van der Waals surface area contributed by atoms with E-state index in [-0.39, 0.29) is 11.8 Å². The predicted molar refractivity (Wildman–Crippen MR) is 83.8 cm³/mol. The van der Waals surface area contributed by atoms with Crippen molar-refractivity contribution in [1.82, 2.24) is 5.32 Å². The molecular weight excluding hydrogens is 320 g/mol. The van der Waals surface area contributed by atoms with E-state index in [2.05, 4.69) is 26.1 Å². The molecule has 1 aromatic carbocycles. The fraction of sp³-hybridized carbons (Fsp3) is 0.533. The Morgan fingerprint density at radius 1 is 1.55 bits per heavy atom. The third-order valence-electron chi connectivity index (χ3n) is 3.82. The minimum atomic E-state index is -0.525. The Kier molecular flexibility index (Phi) is 5.05. The van der Waals surface area contributed by atoms with Crippen molar-refractivity contribution in [2.24, 2.45) is 5.92 Å². The van der Waals surface area contributed by atoms with Crippen LogP contribution < -0.4 is 10.2 Å². The molecule has 1 heterocycles. The summed E-state index contributed by atoms with van der Waals surface area (Å²) in [5.74, 6) is 0.129. The number of benzene rings is 1. The molecule has 5 heteroatoms. The summed E-state index contributed by atoms with van der Waals surface area (Å²) in [7, 11) is 1.68. The highest BCUT2D eigenvalue weighted by Crippen LogP contribution is 2.32. The third kappa shape index (κ3) is 3.33. The second-order valence-corrected chi connectivity index (χ2v) is 6.19. The van der Waals surface area contributed by atoms with Crippen LogP contribution >= 0.6 is 15.9 Å². The lowest BCUT2D eigenvalue weighted by molar-refractivity contribution is -0.124. The minimum Gasteiger partial charge on any atom is -0.389 e. The lowest BCUT2D eigenvalue weighted by Gasteiger charge is -2.35. The van der Waals surface area contributed by atoms with Gasteiger partial charge in [0.2, 0.25) is 5.91 Å². The summed E-state index contributed by atoms with van der Waals surface area (Å²) < 4.78 is 0.956. The average molecular weight is 341 g/mol. The first-order valence-electron chi connectivity index (χ1n) is 6.97. The van der Waals surface area contributed by atoms with Crippen molar-refractivity contribution in [3.8, 4) is 0 Å². The maximum atomic E-state index is 11.8. The van der Waals surface area contributed by atoms with Crippen LogP contribution in [0.2, 0.25) is 0 Å². The van der Waals surface area contributed by atoms with Crippen LogP contribution in [-0.4, -0.2) is 31.2 Å². The van der Waals surface area contributed by atoms with Gasteiger partial charge >= 0.3 is 0 Å². The second-order valence-electron chi connectivity index (χ2n) is 5.28. The van der Waals surface area contributed by atoms with Crippen molar-refractivity contribution < 1.29 is 9.90 Å². The van der Waals surface area contributed by atoms with Crippen LogP contribution in [0.4, 0.5) is 5.69 Å². The van der Waals surface area contributed by atoms with Crippen LogP contribution in [-0.2, 0) is 4.79 Å². The number of amides is 1. The van der Waals surface area contributed by atoms with E-state index in [0.29, 0.717) is 6.54 Å². The Morgan fingerprint density at radius 3 is 2.95 bits per heavy atom. The summed E-state index contributed by atoms with van der Waals surface area (Å²) >= 11 is 3.44. The summed E-state index contributed by atoms with van der Waals surface area (Å²) in [4.78, 5) is 14.0. The molecule has 1 aromatic rings. The number of aliphatic hydroxyl groups is 1. The van der Waals surface area contributed by atoms with Gasteiger partial charge < -0.3 is 15.3 Å².